The lowest BCUT2D eigenvalue weighted by molar-refractivity contribution is -0.133. The van der Waals surface area contributed by atoms with Gasteiger partial charge in [0, 0.05) is 0 Å². The van der Waals surface area contributed by atoms with E-state index in [1.54, 1.807) is 12.1 Å². The predicted molar refractivity (Wildman–Crippen MR) is 91.9 cm³/mol. The third-order valence-corrected chi connectivity index (χ3v) is 5.65. The second-order valence-electron chi connectivity index (χ2n) is 7.19. The minimum absolute atomic E-state index is 0.129. The molecule has 134 valence electrons. The lowest BCUT2D eigenvalue weighted by atomic mass is 9.77. The first-order chi connectivity index (χ1) is 12.0. The van der Waals surface area contributed by atoms with Crippen molar-refractivity contribution in [3.63, 3.8) is 0 Å². The Morgan fingerprint density at radius 1 is 1.24 bits per heavy atom. The van der Waals surface area contributed by atoms with E-state index in [1.807, 2.05) is 0 Å². The molecule has 1 N–H and O–H groups in total. The second kappa shape index (κ2) is 6.09. The van der Waals surface area contributed by atoms with Gasteiger partial charge < -0.3 is 14.8 Å². The summed E-state index contributed by atoms with van der Waals surface area (Å²) >= 11 is 6.25. The SMILES string of the molecule is CC1CCC2(CC1)NC(=O)N(Cc1cc(Cl)c3c(c1)OCCO3)C2=O. The molecular formula is C18H21ClN2O4. The average molecular weight is 365 g/mol. The Hall–Kier alpha value is -1.95. The van der Waals surface area contributed by atoms with Crippen LogP contribution in [0.4, 0.5) is 4.79 Å². The molecular weight excluding hydrogens is 344 g/mol. The molecule has 0 bridgehead atoms. The summed E-state index contributed by atoms with van der Waals surface area (Å²) in [5.74, 6) is 1.55. The number of carbonyl (C=O) groups is 2. The van der Waals surface area contributed by atoms with Crippen molar-refractivity contribution in [1.82, 2.24) is 10.2 Å². The summed E-state index contributed by atoms with van der Waals surface area (Å²) in [7, 11) is 0. The summed E-state index contributed by atoms with van der Waals surface area (Å²) in [6, 6.07) is 3.18. The van der Waals surface area contributed by atoms with Gasteiger partial charge in [-0.2, -0.15) is 0 Å². The molecule has 1 spiro atoms. The standard InChI is InChI=1S/C18H21ClN2O4/c1-11-2-4-18(5-3-11)16(22)21(17(23)20-18)10-12-8-13(19)15-14(9-12)24-6-7-25-15/h8-9,11H,2-7,10H2,1H3,(H,20,23). The average Bonchev–Trinajstić information content (AvgIpc) is 2.82. The summed E-state index contributed by atoms with van der Waals surface area (Å²) < 4.78 is 11.1. The van der Waals surface area contributed by atoms with Gasteiger partial charge in [0.1, 0.15) is 18.8 Å². The summed E-state index contributed by atoms with van der Waals surface area (Å²) in [5.41, 5.74) is 0.0280. The molecule has 25 heavy (non-hydrogen) atoms. The van der Waals surface area contributed by atoms with E-state index in [9.17, 15) is 9.59 Å². The highest BCUT2D eigenvalue weighted by atomic mass is 35.5. The molecule has 2 fully saturated rings. The molecule has 2 heterocycles. The predicted octanol–water partition coefficient (Wildman–Crippen LogP) is 3.11. The maximum absolute atomic E-state index is 12.9. The van der Waals surface area contributed by atoms with Crippen LogP contribution in [0.15, 0.2) is 12.1 Å². The van der Waals surface area contributed by atoms with Gasteiger partial charge in [0.2, 0.25) is 0 Å². The van der Waals surface area contributed by atoms with Crippen LogP contribution < -0.4 is 14.8 Å². The molecule has 1 saturated carbocycles. The van der Waals surface area contributed by atoms with Gasteiger partial charge in [-0.05, 0) is 49.3 Å². The number of benzene rings is 1. The van der Waals surface area contributed by atoms with Crippen LogP contribution in [0.1, 0.15) is 38.2 Å². The molecule has 3 aliphatic rings. The van der Waals surface area contributed by atoms with E-state index in [0.717, 1.165) is 18.4 Å². The van der Waals surface area contributed by atoms with E-state index >= 15 is 0 Å². The number of urea groups is 1. The zero-order valence-corrected chi connectivity index (χ0v) is 14.9. The van der Waals surface area contributed by atoms with Crippen molar-refractivity contribution in [2.45, 2.75) is 44.7 Å². The highest BCUT2D eigenvalue weighted by Crippen LogP contribution is 2.40. The lowest BCUT2D eigenvalue weighted by Gasteiger charge is -2.33. The van der Waals surface area contributed by atoms with Gasteiger partial charge in [-0.15, -0.1) is 0 Å². The van der Waals surface area contributed by atoms with Gasteiger partial charge in [0.25, 0.3) is 5.91 Å². The van der Waals surface area contributed by atoms with Crippen LogP contribution in [0, 0.1) is 5.92 Å². The minimum atomic E-state index is -0.721. The van der Waals surface area contributed by atoms with E-state index in [-0.39, 0.29) is 18.5 Å². The molecule has 0 aromatic heterocycles. The van der Waals surface area contributed by atoms with Crippen molar-refractivity contribution in [2.24, 2.45) is 5.92 Å². The fourth-order valence-corrected chi connectivity index (χ4v) is 4.14. The molecule has 6 nitrogen and oxygen atoms in total. The van der Waals surface area contributed by atoms with Crippen molar-refractivity contribution < 1.29 is 19.1 Å². The maximum atomic E-state index is 12.9. The Bertz CT molecular complexity index is 728. The Kier molecular flexibility index (Phi) is 4.02. The van der Waals surface area contributed by atoms with Crippen LogP contribution in [0.3, 0.4) is 0 Å². The highest BCUT2D eigenvalue weighted by Gasteiger charge is 2.51. The first kappa shape index (κ1) is 16.5. The quantitative estimate of drug-likeness (QED) is 0.819. The number of hydrogen-bond acceptors (Lipinski definition) is 4. The number of nitrogens with zero attached hydrogens (tertiary/aromatic N) is 1. The third-order valence-electron chi connectivity index (χ3n) is 5.37. The largest absolute Gasteiger partial charge is 0.486 e. The first-order valence-electron chi connectivity index (χ1n) is 8.71. The summed E-state index contributed by atoms with van der Waals surface area (Å²) in [6.45, 7) is 3.28. The van der Waals surface area contributed by atoms with E-state index in [1.165, 1.54) is 4.90 Å². The van der Waals surface area contributed by atoms with Gasteiger partial charge >= 0.3 is 6.03 Å². The molecule has 1 aliphatic carbocycles. The summed E-state index contributed by atoms with van der Waals surface area (Å²) in [5, 5.41) is 3.37. The zero-order chi connectivity index (χ0) is 17.6. The van der Waals surface area contributed by atoms with Crippen LogP contribution in [-0.4, -0.2) is 35.6 Å². The number of carbonyl (C=O) groups excluding carboxylic acids is 2. The van der Waals surface area contributed by atoms with Crippen LogP contribution in [0.2, 0.25) is 5.02 Å². The van der Waals surface area contributed by atoms with Crippen molar-refractivity contribution in [2.75, 3.05) is 13.2 Å². The number of imide groups is 1. The van der Waals surface area contributed by atoms with Gasteiger partial charge in [0.05, 0.1) is 11.6 Å². The van der Waals surface area contributed by atoms with Crippen molar-refractivity contribution in [1.29, 1.82) is 0 Å². The fraction of sp³-hybridized carbons (Fsp3) is 0.556. The van der Waals surface area contributed by atoms with Crippen molar-refractivity contribution in [3.05, 3.63) is 22.7 Å². The minimum Gasteiger partial charge on any atom is -0.486 e. The fourth-order valence-electron chi connectivity index (χ4n) is 3.85. The second-order valence-corrected chi connectivity index (χ2v) is 7.60. The van der Waals surface area contributed by atoms with E-state index in [0.29, 0.717) is 48.5 Å². The molecule has 1 aromatic rings. The summed E-state index contributed by atoms with van der Waals surface area (Å²) in [4.78, 5) is 26.6. The smallest absolute Gasteiger partial charge is 0.325 e. The number of ether oxygens (including phenoxy) is 2. The normalized spacial score (nSPS) is 28.4. The Labute approximate surface area is 151 Å². The van der Waals surface area contributed by atoms with E-state index in [2.05, 4.69) is 12.2 Å². The Morgan fingerprint density at radius 2 is 1.96 bits per heavy atom. The molecule has 7 heteroatoms. The van der Waals surface area contributed by atoms with Crippen LogP contribution in [0.5, 0.6) is 11.5 Å². The third kappa shape index (κ3) is 2.82. The number of fused-ring (bicyclic) bond motifs is 1. The molecule has 1 saturated heterocycles. The zero-order valence-electron chi connectivity index (χ0n) is 14.1. The molecule has 2 aliphatic heterocycles. The number of hydrogen-bond donors (Lipinski definition) is 1. The monoisotopic (exact) mass is 364 g/mol. The van der Waals surface area contributed by atoms with Crippen LogP contribution in [-0.2, 0) is 11.3 Å². The van der Waals surface area contributed by atoms with Crippen LogP contribution >= 0.6 is 11.6 Å². The first-order valence-corrected chi connectivity index (χ1v) is 9.08. The molecule has 0 unspecified atom stereocenters. The number of halogens is 1. The van der Waals surface area contributed by atoms with Crippen LogP contribution in [0.25, 0.3) is 0 Å². The maximum Gasteiger partial charge on any atom is 0.325 e. The topological polar surface area (TPSA) is 67.9 Å². The molecule has 0 atom stereocenters. The number of amides is 3. The Morgan fingerprint density at radius 3 is 2.72 bits per heavy atom. The molecule has 3 amide bonds. The Balaban J connectivity index is 1.56. The number of nitrogens with one attached hydrogen (secondary N) is 1. The highest BCUT2D eigenvalue weighted by molar-refractivity contribution is 6.32. The van der Waals surface area contributed by atoms with Gasteiger partial charge in [-0.1, -0.05) is 18.5 Å². The van der Waals surface area contributed by atoms with E-state index < -0.39 is 5.54 Å². The van der Waals surface area contributed by atoms with Gasteiger partial charge in [0.15, 0.2) is 11.5 Å². The molecule has 1 aromatic carbocycles. The van der Waals surface area contributed by atoms with Crippen molar-refractivity contribution >= 4 is 23.5 Å². The lowest BCUT2D eigenvalue weighted by Crippen LogP contribution is -2.49. The van der Waals surface area contributed by atoms with Gasteiger partial charge in [-0.25, -0.2) is 4.79 Å². The molecule has 0 radical (unpaired) electrons. The van der Waals surface area contributed by atoms with Crippen molar-refractivity contribution in [3.8, 4) is 11.5 Å². The molecule has 4 rings (SSSR count). The summed E-state index contributed by atoms with van der Waals surface area (Å²) in [6.07, 6.45) is 3.32. The number of rotatable bonds is 2. The van der Waals surface area contributed by atoms with E-state index in [4.69, 9.17) is 21.1 Å². The van der Waals surface area contributed by atoms with Gasteiger partial charge in [-0.3, -0.25) is 9.69 Å².